The molecule has 1 rings (SSSR count). The molecule has 0 amide bonds. The lowest BCUT2D eigenvalue weighted by atomic mass is 9.86. The van der Waals surface area contributed by atoms with E-state index in [2.05, 4.69) is 0 Å². The fourth-order valence-electron chi connectivity index (χ4n) is 1.25. The highest BCUT2D eigenvalue weighted by molar-refractivity contribution is 7.86. The first-order chi connectivity index (χ1) is 8.33. The molecule has 18 heavy (non-hydrogen) atoms. The van der Waals surface area contributed by atoms with Gasteiger partial charge in [0.2, 0.25) is 0 Å². The van der Waals surface area contributed by atoms with Crippen LogP contribution in [0.3, 0.4) is 0 Å². The molecular formula is C11H18BNO4S. The summed E-state index contributed by atoms with van der Waals surface area (Å²) in [5.41, 5.74) is 0.989. The van der Waals surface area contributed by atoms with Crippen molar-refractivity contribution in [3.05, 3.63) is 29.8 Å². The summed E-state index contributed by atoms with van der Waals surface area (Å²) in [7, 11) is -2.65. The van der Waals surface area contributed by atoms with Crippen LogP contribution in [-0.2, 0) is 14.3 Å². The third kappa shape index (κ3) is 4.42. The van der Waals surface area contributed by atoms with Crippen LogP contribution in [0.25, 0.3) is 0 Å². The highest BCUT2D eigenvalue weighted by atomic mass is 32.2. The van der Waals surface area contributed by atoms with Gasteiger partial charge in [-0.3, -0.25) is 4.18 Å². The number of benzene rings is 1. The molecule has 0 radical (unpaired) electrons. The van der Waals surface area contributed by atoms with E-state index in [1.54, 1.807) is 30.8 Å². The van der Waals surface area contributed by atoms with E-state index in [-0.39, 0.29) is 11.5 Å². The zero-order valence-electron chi connectivity index (χ0n) is 10.8. The maximum Gasteiger partial charge on any atom is 0.376 e. The first-order valence-electron chi connectivity index (χ1n) is 5.67. The molecule has 0 aliphatic heterocycles. The minimum Gasteiger partial charge on any atom is -0.437 e. The van der Waals surface area contributed by atoms with Crippen LogP contribution in [0.4, 0.5) is 0 Å². The molecular weight excluding hydrogens is 253 g/mol. The van der Waals surface area contributed by atoms with Crippen LogP contribution in [-0.4, -0.2) is 45.5 Å². The third-order valence-electron chi connectivity index (χ3n) is 2.63. The van der Waals surface area contributed by atoms with Crippen LogP contribution >= 0.6 is 0 Å². The molecule has 1 aromatic rings. The minimum absolute atomic E-state index is 0.0115. The Labute approximate surface area is 109 Å². The molecule has 0 saturated carbocycles. The molecule has 1 aromatic carbocycles. The normalized spacial score (nSPS) is 11.8. The van der Waals surface area contributed by atoms with Crippen molar-refractivity contribution >= 4 is 17.2 Å². The molecule has 0 unspecified atom stereocenters. The maximum atomic E-state index is 11.8. The van der Waals surface area contributed by atoms with Crippen molar-refractivity contribution in [1.82, 2.24) is 4.81 Å². The third-order valence-corrected chi connectivity index (χ3v) is 3.96. The smallest absolute Gasteiger partial charge is 0.376 e. The summed E-state index contributed by atoms with van der Waals surface area (Å²) < 4.78 is 28.5. The van der Waals surface area contributed by atoms with Gasteiger partial charge < -0.3 is 9.83 Å². The second-order valence-electron chi connectivity index (χ2n) is 4.20. The summed E-state index contributed by atoms with van der Waals surface area (Å²) in [5.74, 6) is 0. The van der Waals surface area contributed by atoms with Crippen LogP contribution < -0.4 is 0 Å². The standard InChI is InChI=1S/C11H18BNO4S/c1-10-4-6-11(7-5-10)18(15,16)17-9-8-13(3)12(2)14/h4-7,14H,8-9H2,1-3H3. The van der Waals surface area contributed by atoms with Gasteiger partial charge in [-0.25, -0.2) is 0 Å². The van der Waals surface area contributed by atoms with Crippen LogP contribution in [0, 0.1) is 6.92 Å². The monoisotopic (exact) mass is 271 g/mol. The topological polar surface area (TPSA) is 66.8 Å². The SMILES string of the molecule is CB(O)N(C)CCOS(=O)(=O)c1ccc(C)cc1. The summed E-state index contributed by atoms with van der Waals surface area (Å²) >= 11 is 0. The molecule has 0 aromatic heterocycles. The first-order valence-corrected chi connectivity index (χ1v) is 7.08. The summed E-state index contributed by atoms with van der Waals surface area (Å²) in [5, 5.41) is 9.22. The Kier molecular flexibility index (Phi) is 5.34. The number of hydrogen-bond donors (Lipinski definition) is 1. The van der Waals surface area contributed by atoms with E-state index >= 15 is 0 Å². The highest BCUT2D eigenvalue weighted by Gasteiger charge is 2.16. The van der Waals surface area contributed by atoms with E-state index < -0.39 is 17.2 Å². The average molecular weight is 271 g/mol. The Morgan fingerprint density at radius 2 is 1.89 bits per heavy atom. The maximum absolute atomic E-state index is 11.8. The molecule has 5 nitrogen and oxygen atoms in total. The number of aryl methyl sites for hydroxylation is 1. The minimum atomic E-state index is -3.71. The molecule has 7 heteroatoms. The summed E-state index contributed by atoms with van der Waals surface area (Å²) in [4.78, 5) is 1.73. The zero-order valence-corrected chi connectivity index (χ0v) is 11.6. The molecule has 0 aliphatic rings. The quantitative estimate of drug-likeness (QED) is 0.610. The second kappa shape index (κ2) is 6.33. The van der Waals surface area contributed by atoms with Crippen LogP contribution in [0.5, 0.6) is 0 Å². The Bertz CT molecular complexity index is 472. The van der Waals surface area contributed by atoms with Crippen molar-refractivity contribution in [2.75, 3.05) is 20.2 Å². The van der Waals surface area contributed by atoms with E-state index in [9.17, 15) is 13.4 Å². The number of nitrogens with zero attached hydrogens (tertiary/aromatic N) is 1. The number of hydrogen-bond acceptors (Lipinski definition) is 5. The number of rotatable bonds is 6. The molecule has 0 heterocycles. The van der Waals surface area contributed by atoms with Gasteiger partial charge in [0.05, 0.1) is 11.5 Å². The predicted molar refractivity (Wildman–Crippen MR) is 70.8 cm³/mol. The Hall–Kier alpha value is -0.885. The lowest BCUT2D eigenvalue weighted by molar-refractivity contribution is 0.279. The van der Waals surface area contributed by atoms with Crippen molar-refractivity contribution in [1.29, 1.82) is 0 Å². The molecule has 0 fully saturated rings. The molecule has 1 N–H and O–H groups in total. The van der Waals surface area contributed by atoms with E-state index in [0.717, 1.165) is 5.56 Å². The van der Waals surface area contributed by atoms with E-state index in [1.165, 1.54) is 12.1 Å². The zero-order chi connectivity index (χ0) is 13.8. The Balaban J connectivity index is 2.58. The second-order valence-corrected chi connectivity index (χ2v) is 5.82. The average Bonchev–Trinajstić information content (AvgIpc) is 2.29. The predicted octanol–water partition coefficient (Wildman–Crippen LogP) is 0.742. The van der Waals surface area contributed by atoms with Crippen LogP contribution in [0.1, 0.15) is 5.56 Å². The fourth-order valence-corrected chi connectivity index (χ4v) is 2.15. The van der Waals surface area contributed by atoms with Crippen molar-refractivity contribution in [3.63, 3.8) is 0 Å². The van der Waals surface area contributed by atoms with Gasteiger partial charge in [-0.1, -0.05) is 17.7 Å². The van der Waals surface area contributed by atoms with Crippen LogP contribution in [0.2, 0.25) is 6.82 Å². The van der Waals surface area contributed by atoms with Gasteiger partial charge in [0, 0.05) is 6.54 Å². The van der Waals surface area contributed by atoms with E-state index in [1.807, 2.05) is 6.92 Å². The first kappa shape index (κ1) is 15.2. The fraction of sp³-hybridized carbons (Fsp3) is 0.455. The molecule has 0 atom stereocenters. The molecule has 100 valence electrons. The van der Waals surface area contributed by atoms with Crippen molar-refractivity contribution in [3.8, 4) is 0 Å². The number of likely N-dealkylation sites (N-methyl/N-ethyl adjacent to an activating group) is 1. The van der Waals surface area contributed by atoms with Gasteiger partial charge in [-0.2, -0.15) is 8.42 Å². The Morgan fingerprint density at radius 1 is 1.33 bits per heavy atom. The lowest BCUT2D eigenvalue weighted by Crippen LogP contribution is -2.36. The molecule has 0 saturated heterocycles. The van der Waals surface area contributed by atoms with Gasteiger partial charge in [-0.15, -0.1) is 0 Å². The van der Waals surface area contributed by atoms with Gasteiger partial charge >= 0.3 is 7.05 Å². The molecule has 0 spiro atoms. The van der Waals surface area contributed by atoms with E-state index in [0.29, 0.717) is 6.54 Å². The molecule has 0 bridgehead atoms. The highest BCUT2D eigenvalue weighted by Crippen LogP contribution is 2.12. The van der Waals surface area contributed by atoms with Crippen molar-refractivity contribution < 1.29 is 17.6 Å². The van der Waals surface area contributed by atoms with Gasteiger partial charge in [0.1, 0.15) is 0 Å². The summed E-state index contributed by atoms with van der Waals surface area (Å²) in [6, 6.07) is 6.47. The summed E-state index contributed by atoms with van der Waals surface area (Å²) in [6.07, 6.45) is 0. The van der Waals surface area contributed by atoms with Gasteiger partial charge in [-0.05, 0) is 32.9 Å². The van der Waals surface area contributed by atoms with Crippen molar-refractivity contribution in [2.45, 2.75) is 18.6 Å². The molecule has 0 aliphatic carbocycles. The van der Waals surface area contributed by atoms with Gasteiger partial charge in [0.15, 0.2) is 0 Å². The largest absolute Gasteiger partial charge is 0.437 e. The lowest BCUT2D eigenvalue weighted by Gasteiger charge is -2.16. The van der Waals surface area contributed by atoms with Crippen molar-refractivity contribution in [2.24, 2.45) is 0 Å². The summed E-state index contributed by atoms with van der Waals surface area (Å²) in [6.45, 7) is 3.84. The Morgan fingerprint density at radius 3 is 2.39 bits per heavy atom. The van der Waals surface area contributed by atoms with Crippen LogP contribution in [0.15, 0.2) is 29.2 Å². The van der Waals surface area contributed by atoms with Gasteiger partial charge in [0.25, 0.3) is 10.1 Å². The van der Waals surface area contributed by atoms with E-state index in [4.69, 9.17) is 4.18 Å².